The largest absolute Gasteiger partial charge is 0.508 e. The van der Waals surface area contributed by atoms with Crippen LogP contribution in [0.4, 0.5) is 0 Å². The van der Waals surface area contributed by atoms with Crippen LogP contribution < -0.4 is 0 Å². The summed E-state index contributed by atoms with van der Waals surface area (Å²) in [5.74, 6) is 0.386. The Morgan fingerprint density at radius 3 is 1.56 bits per heavy atom. The summed E-state index contributed by atoms with van der Waals surface area (Å²) in [5.41, 5.74) is 2.23. The lowest BCUT2D eigenvalue weighted by Crippen LogP contribution is -1.80. The minimum atomic E-state index is 0.386. The van der Waals surface area contributed by atoms with Gasteiger partial charge in [0.2, 0.25) is 0 Å². The van der Waals surface area contributed by atoms with E-state index in [2.05, 4.69) is 34.6 Å². The molecule has 1 rings (SSSR count). The predicted octanol–water partition coefficient (Wildman–Crippen LogP) is 6.12. The van der Waals surface area contributed by atoms with Crippen molar-refractivity contribution >= 4 is 0 Å². The van der Waals surface area contributed by atoms with Crippen molar-refractivity contribution in [1.29, 1.82) is 0 Å². The number of aromatic hydroxyl groups is 1. The minimum Gasteiger partial charge on any atom is -0.508 e. The number of rotatable bonds is 1. The van der Waals surface area contributed by atoms with Crippen molar-refractivity contribution in [2.24, 2.45) is 0 Å². The Balaban J connectivity index is -0.000000237. The third-order valence-electron chi connectivity index (χ3n) is 1.67. The number of hydrogen-bond acceptors (Lipinski definition) is 1. The van der Waals surface area contributed by atoms with E-state index in [0.717, 1.165) is 12.0 Å². The van der Waals surface area contributed by atoms with E-state index in [1.54, 1.807) is 6.07 Å². The van der Waals surface area contributed by atoms with Gasteiger partial charge in [0.05, 0.1) is 0 Å². The van der Waals surface area contributed by atoms with E-state index in [-0.39, 0.29) is 0 Å². The van der Waals surface area contributed by atoms with Gasteiger partial charge in [0, 0.05) is 0 Å². The summed E-state index contributed by atoms with van der Waals surface area (Å²) in [4.78, 5) is 0. The van der Waals surface area contributed by atoms with Crippen LogP contribution in [0.3, 0.4) is 0 Å². The number of phenols is 1. The minimum absolute atomic E-state index is 0.386. The Hall–Kier alpha value is -0.980. The van der Waals surface area contributed by atoms with Crippen LogP contribution in [0.5, 0.6) is 5.75 Å². The molecule has 0 aromatic heterocycles. The second kappa shape index (κ2) is 18.4. The molecule has 0 atom stereocenters. The molecule has 0 fully saturated rings. The first kappa shape index (κ1) is 22.2. The average molecular weight is 254 g/mol. The third kappa shape index (κ3) is 15.0. The highest BCUT2D eigenvalue weighted by Gasteiger charge is 1.94. The van der Waals surface area contributed by atoms with Gasteiger partial charge < -0.3 is 5.11 Å². The van der Waals surface area contributed by atoms with Crippen molar-refractivity contribution < 1.29 is 5.11 Å². The van der Waals surface area contributed by atoms with Gasteiger partial charge in [-0.3, -0.25) is 0 Å². The molecule has 1 aromatic rings. The summed E-state index contributed by atoms with van der Waals surface area (Å²) >= 11 is 0. The normalized spacial score (nSPS) is 7.78. The fourth-order valence-electron chi connectivity index (χ4n) is 0.937. The van der Waals surface area contributed by atoms with E-state index < -0.39 is 0 Å². The highest BCUT2D eigenvalue weighted by atomic mass is 16.3. The predicted molar refractivity (Wildman–Crippen MR) is 85.5 cm³/mol. The molecule has 0 unspecified atom stereocenters. The van der Waals surface area contributed by atoms with Crippen LogP contribution in [-0.2, 0) is 6.42 Å². The summed E-state index contributed by atoms with van der Waals surface area (Å²) in [7, 11) is 0. The molecule has 0 aliphatic rings. The van der Waals surface area contributed by atoms with Gasteiger partial charge in [-0.15, -0.1) is 0 Å². The SMILES string of the molecule is CC.CCC.CCC.CCc1ccc(O)c(C)c1. The second-order valence-corrected chi connectivity index (χ2v) is 3.89. The zero-order valence-corrected chi connectivity index (χ0v) is 13.8. The van der Waals surface area contributed by atoms with Crippen molar-refractivity contribution in [2.75, 3.05) is 0 Å². The maximum Gasteiger partial charge on any atom is 0.118 e. The standard InChI is InChI=1S/C9H12O.2C3H8.C2H6/c1-3-8-4-5-9(10)7(2)6-8;2*1-3-2;1-2/h4-6,10H,3H2,1-2H3;2*3H2,1-2H3;1-2H3. The first-order valence-electron chi connectivity index (χ1n) is 7.35. The van der Waals surface area contributed by atoms with Crippen molar-refractivity contribution in [2.45, 2.75) is 74.7 Å². The van der Waals surface area contributed by atoms with Gasteiger partial charge in [-0.1, -0.05) is 73.4 Å². The van der Waals surface area contributed by atoms with Crippen LogP contribution in [0.1, 0.15) is 72.4 Å². The quantitative estimate of drug-likeness (QED) is 0.640. The van der Waals surface area contributed by atoms with E-state index >= 15 is 0 Å². The molecule has 0 aliphatic carbocycles. The summed E-state index contributed by atoms with van der Waals surface area (Å²) in [6.45, 7) is 16.5. The molecule has 0 saturated carbocycles. The lowest BCUT2D eigenvalue weighted by Gasteiger charge is -1.99. The number of hydrogen-bond donors (Lipinski definition) is 1. The molecule has 0 heterocycles. The van der Waals surface area contributed by atoms with Gasteiger partial charge >= 0.3 is 0 Å². The van der Waals surface area contributed by atoms with Crippen molar-refractivity contribution in [3.63, 3.8) is 0 Å². The van der Waals surface area contributed by atoms with Gasteiger partial charge in [-0.05, 0) is 30.5 Å². The molecule has 0 radical (unpaired) electrons. The Morgan fingerprint density at radius 1 is 0.889 bits per heavy atom. The van der Waals surface area contributed by atoms with Gasteiger partial charge in [0.25, 0.3) is 0 Å². The molecule has 0 bridgehead atoms. The molecule has 1 N–H and O–H groups in total. The van der Waals surface area contributed by atoms with E-state index in [9.17, 15) is 0 Å². The lowest BCUT2D eigenvalue weighted by atomic mass is 10.1. The molecular weight excluding hydrogens is 220 g/mol. The molecule has 1 aromatic carbocycles. The Bertz CT molecular complexity index is 252. The van der Waals surface area contributed by atoms with E-state index in [0.29, 0.717) is 5.75 Å². The lowest BCUT2D eigenvalue weighted by molar-refractivity contribution is 0.471. The van der Waals surface area contributed by atoms with E-state index in [4.69, 9.17) is 5.11 Å². The molecule has 18 heavy (non-hydrogen) atoms. The van der Waals surface area contributed by atoms with Crippen molar-refractivity contribution in [1.82, 2.24) is 0 Å². The maximum absolute atomic E-state index is 9.14. The fraction of sp³-hybridized carbons (Fsp3) is 0.647. The van der Waals surface area contributed by atoms with Gasteiger partial charge in [-0.2, -0.15) is 0 Å². The summed E-state index contributed by atoms with van der Waals surface area (Å²) in [6.07, 6.45) is 3.53. The Labute approximate surface area is 115 Å². The van der Waals surface area contributed by atoms with Crippen LogP contribution in [0.15, 0.2) is 18.2 Å². The van der Waals surface area contributed by atoms with Gasteiger partial charge in [0.1, 0.15) is 5.75 Å². The maximum atomic E-state index is 9.14. The molecular formula is C17H34O. The molecule has 0 amide bonds. The van der Waals surface area contributed by atoms with Crippen molar-refractivity contribution in [3.05, 3.63) is 29.3 Å². The number of benzene rings is 1. The monoisotopic (exact) mass is 254 g/mol. The second-order valence-electron chi connectivity index (χ2n) is 3.89. The van der Waals surface area contributed by atoms with Crippen LogP contribution in [0.25, 0.3) is 0 Å². The third-order valence-corrected chi connectivity index (χ3v) is 1.67. The smallest absolute Gasteiger partial charge is 0.118 e. The van der Waals surface area contributed by atoms with Crippen LogP contribution >= 0.6 is 0 Å². The summed E-state index contributed by atoms with van der Waals surface area (Å²) in [5, 5.41) is 9.14. The first-order chi connectivity index (χ1) is 8.56. The average Bonchev–Trinajstić information content (AvgIpc) is 2.37. The van der Waals surface area contributed by atoms with Gasteiger partial charge in [-0.25, -0.2) is 0 Å². The molecule has 108 valence electrons. The Kier molecular flexibility index (Phi) is 22.7. The topological polar surface area (TPSA) is 20.2 Å². The molecule has 1 heteroatoms. The number of phenolic OH excluding ortho intramolecular Hbond substituents is 1. The first-order valence-corrected chi connectivity index (χ1v) is 7.35. The fourth-order valence-corrected chi connectivity index (χ4v) is 0.937. The molecule has 0 aliphatic heterocycles. The molecule has 1 nitrogen and oxygen atoms in total. The number of aryl methyl sites for hydroxylation is 2. The molecule has 0 saturated heterocycles. The zero-order chi connectivity index (χ0) is 15.0. The van der Waals surface area contributed by atoms with E-state index in [1.807, 2.05) is 32.9 Å². The van der Waals surface area contributed by atoms with Crippen molar-refractivity contribution in [3.8, 4) is 5.75 Å². The van der Waals surface area contributed by atoms with Crippen LogP contribution in [0, 0.1) is 6.92 Å². The summed E-state index contributed by atoms with van der Waals surface area (Å²) < 4.78 is 0. The van der Waals surface area contributed by atoms with Crippen LogP contribution in [-0.4, -0.2) is 5.11 Å². The Morgan fingerprint density at radius 2 is 1.28 bits per heavy atom. The van der Waals surface area contributed by atoms with Gasteiger partial charge in [0.15, 0.2) is 0 Å². The summed E-state index contributed by atoms with van der Waals surface area (Å²) in [6, 6.07) is 5.70. The highest BCUT2D eigenvalue weighted by Crippen LogP contribution is 2.16. The van der Waals surface area contributed by atoms with Crippen LogP contribution in [0.2, 0.25) is 0 Å². The zero-order valence-electron chi connectivity index (χ0n) is 13.8. The molecule has 0 spiro atoms. The van der Waals surface area contributed by atoms with E-state index in [1.165, 1.54) is 18.4 Å². The highest BCUT2D eigenvalue weighted by molar-refractivity contribution is 5.34.